The highest BCUT2D eigenvalue weighted by molar-refractivity contribution is 7.97. The predicted octanol–water partition coefficient (Wildman–Crippen LogP) is 5.07. The summed E-state index contributed by atoms with van der Waals surface area (Å²) in [4.78, 5) is 28.2. The van der Waals surface area contributed by atoms with Gasteiger partial charge < -0.3 is 9.55 Å². The van der Waals surface area contributed by atoms with E-state index in [-0.39, 0.29) is 51.6 Å². The molecule has 12 heteroatoms. The summed E-state index contributed by atoms with van der Waals surface area (Å²) in [5, 5.41) is 0. The number of H-pyrrole nitrogens is 1. The monoisotopic (exact) mass is 518 g/mol. The average molecular weight is 519 g/mol. The van der Waals surface area contributed by atoms with Crippen molar-refractivity contribution in [3.63, 3.8) is 0 Å². The Balaban J connectivity index is 1.65. The zero-order valence-corrected chi connectivity index (χ0v) is 20.3. The summed E-state index contributed by atoms with van der Waals surface area (Å²) in [5.41, 5.74) is 0.643. The van der Waals surface area contributed by atoms with Gasteiger partial charge in [0.2, 0.25) is 15.1 Å². The van der Waals surface area contributed by atoms with Gasteiger partial charge in [-0.15, -0.1) is 0 Å². The Labute approximate surface area is 205 Å². The SMILES string of the molecule is CCn1cc(C(F)(F)F)cc2nc(-c3ncc(-c4ncc(C5CC5)c(=O)[nH]4)cc3[S+](=O)(O)CC)cc1-2. The third-order valence-corrected chi connectivity index (χ3v) is 8.07. The molecule has 2 aromatic rings. The number of aromatic amines is 1. The molecule has 2 aliphatic heterocycles. The second-order valence-electron chi connectivity index (χ2n) is 8.71. The van der Waals surface area contributed by atoms with Gasteiger partial charge in [0.15, 0.2) is 0 Å². The summed E-state index contributed by atoms with van der Waals surface area (Å²) in [5.74, 6) is 0.294. The van der Waals surface area contributed by atoms with Gasteiger partial charge in [0.25, 0.3) is 5.56 Å². The standard InChI is InChI=1S/C24H22F3N5O3S/c1-3-32-12-15(24(25,26)27)8-17-19(32)9-18(30-17)21-20(36(34,35)4-2)7-14(10-28-21)22-29-11-16(13-5-6-13)23(33)31-22/h7-13H,3-6H2,1-2H3,(H-,29,31,33,34,35)/p+1. The Morgan fingerprint density at radius 2 is 1.89 bits per heavy atom. The number of hydrogen-bond donors (Lipinski definition) is 2. The first kappa shape index (κ1) is 24.3. The molecule has 2 aromatic heterocycles. The highest BCUT2D eigenvalue weighted by atomic mass is 32.3. The number of nitrogens with one attached hydrogen (secondary N) is 1. The van der Waals surface area contributed by atoms with Crippen LogP contribution in [0.4, 0.5) is 13.2 Å². The zero-order chi connectivity index (χ0) is 25.8. The quantitative estimate of drug-likeness (QED) is 0.345. The number of halogens is 3. The van der Waals surface area contributed by atoms with Crippen LogP contribution in [0.3, 0.4) is 0 Å². The molecule has 0 amide bonds. The minimum absolute atomic E-state index is 0.0293. The maximum Gasteiger partial charge on any atom is 0.417 e. The molecule has 36 heavy (non-hydrogen) atoms. The lowest BCUT2D eigenvalue weighted by molar-refractivity contribution is -0.138. The average Bonchev–Trinajstić information content (AvgIpc) is 3.59. The lowest BCUT2D eigenvalue weighted by Crippen LogP contribution is -2.16. The third-order valence-electron chi connectivity index (χ3n) is 6.29. The summed E-state index contributed by atoms with van der Waals surface area (Å²) in [6.45, 7) is 3.52. The first-order valence-electron chi connectivity index (χ1n) is 11.4. The number of hydrogen-bond acceptors (Lipinski definition) is 5. The van der Waals surface area contributed by atoms with Crippen LogP contribution in [0.1, 0.15) is 43.7 Å². The normalized spacial score (nSPS) is 15.8. The van der Waals surface area contributed by atoms with Gasteiger partial charge in [-0.3, -0.25) is 4.79 Å². The van der Waals surface area contributed by atoms with Crippen molar-refractivity contribution in [2.75, 3.05) is 5.75 Å². The zero-order valence-electron chi connectivity index (χ0n) is 19.5. The number of pyridine rings is 2. The van der Waals surface area contributed by atoms with Crippen molar-refractivity contribution in [2.45, 2.75) is 50.2 Å². The molecular formula is C24H23F3N5O3S+. The molecule has 4 heterocycles. The third kappa shape index (κ3) is 4.35. The largest absolute Gasteiger partial charge is 0.417 e. The number of fused-ring (bicyclic) bond motifs is 1. The Morgan fingerprint density at radius 1 is 1.14 bits per heavy atom. The Hall–Kier alpha value is -3.38. The molecule has 0 saturated heterocycles. The van der Waals surface area contributed by atoms with Crippen LogP contribution >= 0.6 is 0 Å². The van der Waals surface area contributed by atoms with E-state index in [9.17, 15) is 26.7 Å². The van der Waals surface area contributed by atoms with Crippen LogP contribution in [0.2, 0.25) is 0 Å². The number of aryl methyl sites for hydroxylation is 1. The van der Waals surface area contributed by atoms with Crippen LogP contribution in [0, 0.1) is 0 Å². The van der Waals surface area contributed by atoms with Gasteiger partial charge in [0.1, 0.15) is 17.3 Å². The summed E-state index contributed by atoms with van der Waals surface area (Å²) < 4.78 is 65.4. The van der Waals surface area contributed by atoms with E-state index in [4.69, 9.17) is 0 Å². The molecule has 8 nitrogen and oxygen atoms in total. The fourth-order valence-electron chi connectivity index (χ4n) is 4.12. The minimum atomic E-state index is -4.55. The van der Waals surface area contributed by atoms with Crippen molar-refractivity contribution in [3.8, 4) is 34.2 Å². The van der Waals surface area contributed by atoms with Crippen molar-refractivity contribution < 1.29 is 21.9 Å². The smallest absolute Gasteiger partial charge is 0.346 e. The van der Waals surface area contributed by atoms with Gasteiger partial charge in [0, 0.05) is 42.3 Å². The van der Waals surface area contributed by atoms with E-state index in [0.29, 0.717) is 16.8 Å². The van der Waals surface area contributed by atoms with E-state index in [0.717, 1.165) is 25.1 Å². The van der Waals surface area contributed by atoms with Crippen LogP contribution in [0.15, 0.2) is 46.5 Å². The van der Waals surface area contributed by atoms with Gasteiger partial charge >= 0.3 is 6.18 Å². The molecular weight excluding hydrogens is 495 g/mol. The Bertz CT molecular complexity index is 1540. The molecule has 188 valence electrons. The van der Waals surface area contributed by atoms with Crippen LogP contribution in [-0.4, -0.2) is 34.8 Å². The van der Waals surface area contributed by atoms with Crippen LogP contribution < -0.4 is 5.56 Å². The molecule has 2 N–H and O–H groups in total. The number of nitrogens with zero attached hydrogens (tertiary/aromatic N) is 4. The van der Waals surface area contributed by atoms with E-state index < -0.39 is 22.0 Å². The van der Waals surface area contributed by atoms with E-state index in [1.165, 1.54) is 23.0 Å². The fourth-order valence-corrected chi connectivity index (χ4v) is 5.20. The summed E-state index contributed by atoms with van der Waals surface area (Å²) in [7, 11) is -3.57. The van der Waals surface area contributed by atoms with Gasteiger partial charge in [-0.1, -0.05) is 4.21 Å². The van der Waals surface area contributed by atoms with E-state index >= 15 is 0 Å². The van der Waals surface area contributed by atoms with E-state index in [2.05, 4.69) is 19.9 Å². The van der Waals surface area contributed by atoms with Crippen molar-refractivity contribution in [3.05, 3.63) is 58.3 Å². The molecule has 0 bridgehead atoms. The highest BCUT2D eigenvalue weighted by Crippen LogP contribution is 2.39. The van der Waals surface area contributed by atoms with Crippen LogP contribution in [0.5, 0.6) is 0 Å². The molecule has 1 aliphatic carbocycles. The van der Waals surface area contributed by atoms with E-state index in [1.807, 2.05) is 0 Å². The minimum Gasteiger partial charge on any atom is -0.346 e. The fraction of sp³-hybridized carbons (Fsp3) is 0.333. The first-order chi connectivity index (χ1) is 17.0. The summed E-state index contributed by atoms with van der Waals surface area (Å²) >= 11 is 0. The first-order valence-corrected chi connectivity index (χ1v) is 13.1. The van der Waals surface area contributed by atoms with Crippen molar-refractivity contribution in [1.29, 1.82) is 0 Å². The predicted molar refractivity (Wildman–Crippen MR) is 128 cm³/mol. The lowest BCUT2D eigenvalue weighted by Gasteiger charge is -2.14. The van der Waals surface area contributed by atoms with Crippen molar-refractivity contribution in [1.82, 2.24) is 24.5 Å². The van der Waals surface area contributed by atoms with Crippen molar-refractivity contribution in [2.24, 2.45) is 0 Å². The molecule has 1 saturated carbocycles. The number of alkyl halides is 3. The Kier molecular flexibility index (Phi) is 5.83. The van der Waals surface area contributed by atoms with Gasteiger partial charge in [-0.2, -0.15) is 17.7 Å². The number of aromatic nitrogens is 5. The molecule has 1 fully saturated rings. The lowest BCUT2D eigenvalue weighted by atomic mass is 10.1. The molecule has 1 unspecified atom stereocenters. The molecule has 5 rings (SSSR count). The second-order valence-corrected chi connectivity index (χ2v) is 11.0. The number of rotatable bonds is 6. The molecule has 0 spiro atoms. The summed E-state index contributed by atoms with van der Waals surface area (Å²) in [6.07, 6.45) is 1.26. The molecule has 3 aliphatic rings. The second kappa shape index (κ2) is 8.63. The van der Waals surface area contributed by atoms with Gasteiger partial charge in [-0.05, 0) is 44.7 Å². The highest BCUT2D eigenvalue weighted by Gasteiger charge is 2.36. The maximum absolute atomic E-state index is 13.4. The molecule has 0 aromatic carbocycles. The molecule has 0 radical (unpaired) electrons. The van der Waals surface area contributed by atoms with Gasteiger partial charge in [-0.25, -0.2) is 15.0 Å². The van der Waals surface area contributed by atoms with Crippen LogP contribution in [-0.2, 0) is 27.1 Å². The Morgan fingerprint density at radius 3 is 2.50 bits per heavy atom. The van der Waals surface area contributed by atoms with Crippen LogP contribution in [0.25, 0.3) is 34.2 Å². The summed E-state index contributed by atoms with van der Waals surface area (Å²) in [6, 6.07) is 3.93. The maximum atomic E-state index is 13.4. The molecule has 1 atom stereocenters. The van der Waals surface area contributed by atoms with E-state index in [1.54, 1.807) is 19.9 Å². The van der Waals surface area contributed by atoms with Crippen molar-refractivity contribution >= 4 is 10.2 Å². The van der Waals surface area contributed by atoms with Gasteiger partial charge in [0.05, 0.1) is 22.6 Å². The topological polar surface area (TPSA) is 114 Å².